The van der Waals surface area contributed by atoms with Crippen LogP contribution in [0.25, 0.3) is 0 Å². The topological polar surface area (TPSA) is 78.9 Å². The molecule has 0 spiro atoms. The first-order chi connectivity index (χ1) is 34.0. The average molecular weight is 953 g/mol. The monoisotopic (exact) mass is 953 g/mol. The van der Waals surface area contributed by atoms with Crippen molar-refractivity contribution in [3.05, 3.63) is 134 Å². The maximum atomic E-state index is 12.8. The second kappa shape index (κ2) is 56.1. The predicted octanol–water partition coefficient (Wildman–Crippen LogP) is 18.6. The van der Waals surface area contributed by atoms with Gasteiger partial charge in [0.05, 0.1) is 0 Å². The number of esters is 3. The van der Waals surface area contributed by atoms with Gasteiger partial charge in [0.2, 0.25) is 0 Å². The Labute approximate surface area is 424 Å². The van der Waals surface area contributed by atoms with Crippen molar-refractivity contribution in [3.8, 4) is 0 Å². The molecule has 0 N–H and O–H groups in total. The van der Waals surface area contributed by atoms with E-state index in [1.54, 1.807) is 0 Å². The molecule has 0 radical (unpaired) electrons. The highest BCUT2D eigenvalue weighted by atomic mass is 16.6. The van der Waals surface area contributed by atoms with E-state index in [-0.39, 0.29) is 31.1 Å². The maximum Gasteiger partial charge on any atom is 0.306 e. The van der Waals surface area contributed by atoms with Crippen molar-refractivity contribution >= 4 is 17.9 Å². The van der Waals surface area contributed by atoms with Crippen molar-refractivity contribution in [1.29, 1.82) is 0 Å². The molecule has 0 saturated heterocycles. The van der Waals surface area contributed by atoms with Crippen molar-refractivity contribution in [2.75, 3.05) is 13.2 Å². The van der Waals surface area contributed by atoms with Crippen LogP contribution >= 0.6 is 0 Å². The minimum absolute atomic E-state index is 0.0960. The smallest absolute Gasteiger partial charge is 0.306 e. The fourth-order valence-electron chi connectivity index (χ4n) is 7.06. The number of rotatable bonds is 48. The summed E-state index contributed by atoms with van der Waals surface area (Å²) in [5, 5.41) is 0. The van der Waals surface area contributed by atoms with Gasteiger partial charge in [-0.05, 0) is 116 Å². The first-order valence-corrected chi connectivity index (χ1v) is 27.7. The van der Waals surface area contributed by atoms with Gasteiger partial charge in [0, 0.05) is 19.3 Å². The molecule has 1 unspecified atom stereocenters. The quantitative estimate of drug-likeness (QED) is 0.0262. The van der Waals surface area contributed by atoms with Crippen LogP contribution in [-0.4, -0.2) is 37.2 Å². The molecule has 0 aliphatic heterocycles. The van der Waals surface area contributed by atoms with Crippen molar-refractivity contribution in [2.24, 2.45) is 0 Å². The molecule has 0 aromatic heterocycles. The Morgan fingerprint density at radius 3 is 0.884 bits per heavy atom. The fraction of sp³-hybridized carbons (Fsp3) is 0.603. The third-order valence-electron chi connectivity index (χ3n) is 11.2. The molecule has 1 atom stereocenters. The van der Waals surface area contributed by atoms with E-state index in [4.69, 9.17) is 14.2 Å². The minimum atomic E-state index is -0.796. The van der Waals surface area contributed by atoms with Gasteiger partial charge in [-0.1, -0.05) is 225 Å². The summed E-state index contributed by atoms with van der Waals surface area (Å²) in [5.41, 5.74) is 0. The van der Waals surface area contributed by atoms with Crippen LogP contribution < -0.4 is 0 Å². The van der Waals surface area contributed by atoms with Crippen LogP contribution in [0.4, 0.5) is 0 Å². The Bertz CT molecular complexity index is 1510. The summed E-state index contributed by atoms with van der Waals surface area (Å²) < 4.78 is 16.7. The van der Waals surface area contributed by atoms with E-state index in [1.165, 1.54) is 12.8 Å². The molecule has 0 heterocycles. The van der Waals surface area contributed by atoms with Crippen molar-refractivity contribution in [2.45, 2.75) is 232 Å². The first kappa shape index (κ1) is 64.5. The summed E-state index contributed by atoms with van der Waals surface area (Å²) in [6, 6.07) is 0. The maximum absolute atomic E-state index is 12.8. The van der Waals surface area contributed by atoms with Crippen LogP contribution in [0.3, 0.4) is 0 Å². The van der Waals surface area contributed by atoms with Crippen LogP contribution in [0.2, 0.25) is 0 Å². The normalized spacial score (nSPS) is 13.1. The number of carbonyl (C=O) groups is 3. The van der Waals surface area contributed by atoms with Gasteiger partial charge in [0.25, 0.3) is 0 Å². The lowest BCUT2D eigenvalue weighted by atomic mass is 10.1. The molecular formula is C63H100O6. The Morgan fingerprint density at radius 1 is 0.304 bits per heavy atom. The molecule has 0 amide bonds. The second-order valence-electron chi connectivity index (χ2n) is 17.7. The van der Waals surface area contributed by atoms with E-state index in [1.807, 2.05) is 0 Å². The molecule has 0 fully saturated rings. The van der Waals surface area contributed by atoms with Crippen LogP contribution in [0.1, 0.15) is 226 Å². The van der Waals surface area contributed by atoms with Crippen LogP contribution in [0.15, 0.2) is 134 Å². The van der Waals surface area contributed by atoms with Crippen molar-refractivity contribution in [1.82, 2.24) is 0 Å². The van der Waals surface area contributed by atoms with Crippen molar-refractivity contribution < 1.29 is 28.6 Å². The third kappa shape index (κ3) is 54.4. The van der Waals surface area contributed by atoms with Gasteiger partial charge < -0.3 is 14.2 Å². The molecule has 0 aromatic rings. The largest absolute Gasteiger partial charge is 0.462 e. The highest BCUT2D eigenvalue weighted by Gasteiger charge is 2.19. The molecule has 0 bridgehead atoms. The van der Waals surface area contributed by atoms with Crippen LogP contribution in [0, 0.1) is 0 Å². The summed E-state index contributed by atoms with van der Waals surface area (Å²) in [6.45, 7) is 6.28. The van der Waals surface area contributed by atoms with Crippen LogP contribution in [-0.2, 0) is 28.6 Å². The lowest BCUT2D eigenvalue weighted by molar-refractivity contribution is -0.167. The Hall–Kier alpha value is -4.45. The zero-order valence-corrected chi connectivity index (χ0v) is 44.3. The van der Waals surface area contributed by atoms with Crippen molar-refractivity contribution in [3.63, 3.8) is 0 Å². The molecule has 6 heteroatoms. The fourth-order valence-corrected chi connectivity index (χ4v) is 7.06. The van der Waals surface area contributed by atoms with E-state index in [0.717, 1.165) is 173 Å². The van der Waals surface area contributed by atoms with Gasteiger partial charge in [-0.3, -0.25) is 14.4 Å². The van der Waals surface area contributed by atoms with Gasteiger partial charge in [0.1, 0.15) is 13.2 Å². The lowest BCUT2D eigenvalue weighted by Crippen LogP contribution is -2.30. The van der Waals surface area contributed by atoms with E-state index in [9.17, 15) is 14.4 Å². The molecule has 388 valence electrons. The summed E-state index contributed by atoms with van der Waals surface area (Å²) in [7, 11) is 0. The summed E-state index contributed by atoms with van der Waals surface area (Å²) in [6.07, 6.45) is 79.0. The first-order valence-electron chi connectivity index (χ1n) is 27.7. The summed E-state index contributed by atoms with van der Waals surface area (Å²) >= 11 is 0. The van der Waals surface area contributed by atoms with E-state index >= 15 is 0 Å². The molecular weight excluding hydrogens is 853 g/mol. The SMILES string of the molecule is CC/C=C\C/C=C\C/C=C\C/C=C\C/C=C\C/C=C\CCCCCCCCC(=O)OCC(COC(=O)CCCCCCC)OC(=O)CCCCCCC/C=C\C/C=C\C/C=C\C/C=C\C/C=C\CC. The minimum Gasteiger partial charge on any atom is -0.462 e. The number of carbonyl (C=O) groups excluding carboxylic acids is 3. The van der Waals surface area contributed by atoms with E-state index in [0.29, 0.717) is 19.3 Å². The highest BCUT2D eigenvalue weighted by molar-refractivity contribution is 5.71. The molecule has 6 nitrogen and oxygen atoms in total. The average Bonchev–Trinajstić information content (AvgIpc) is 3.35. The van der Waals surface area contributed by atoms with Gasteiger partial charge in [-0.25, -0.2) is 0 Å². The summed E-state index contributed by atoms with van der Waals surface area (Å²) in [4.78, 5) is 37.8. The second-order valence-corrected chi connectivity index (χ2v) is 17.7. The molecule has 0 rings (SSSR count). The highest BCUT2D eigenvalue weighted by Crippen LogP contribution is 2.13. The molecule has 69 heavy (non-hydrogen) atoms. The number of unbranched alkanes of at least 4 members (excludes halogenated alkanes) is 15. The number of ether oxygens (including phenoxy) is 3. The summed E-state index contributed by atoms with van der Waals surface area (Å²) in [5.74, 6) is -0.951. The molecule has 0 aliphatic rings. The standard InChI is InChI=1S/C63H100O6/c1-4-7-10-13-15-17-19-21-23-25-27-29-30-31-32-34-35-37-39-41-43-45-47-50-53-56-62(65)68-59-60(58-67-61(64)55-52-49-12-9-6-3)69-63(66)57-54-51-48-46-44-42-40-38-36-33-28-26-24-22-20-18-16-14-11-8-5-2/h7-8,10-11,15-18,21-24,27-29,31-33,35,37-38,40,60H,4-6,9,12-14,19-20,25-26,30,34,36,39,41-59H2,1-3H3/b10-7-,11-8-,17-15-,18-16-,23-21-,24-22-,29-27-,32-31-,33-28-,37-35-,40-38-. The van der Waals surface area contributed by atoms with Gasteiger partial charge in [0.15, 0.2) is 6.10 Å². The van der Waals surface area contributed by atoms with Gasteiger partial charge >= 0.3 is 17.9 Å². The Kier molecular flexibility index (Phi) is 52.5. The Balaban J connectivity index is 4.23. The lowest BCUT2D eigenvalue weighted by Gasteiger charge is -2.18. The van der Waals surface area contributed by atoms with E-state index < -0.39 is 6.10 Å². The number of hydrogen-bond donors (Lipinski definition) is 0. The van der Waals surface area contributed by atoms with Gasteiger partial charge in [-0.2, -0.15) is 0 Å². The number of allylic oxidation sites excluding steroid dienone is 22. The molecule has 0 aromatic carbocycles. The van der Waals surface area contributed by atoms with E-state index in [2.05, 4.69) is 154 Å². The predicted molar refractivity (Wildman–Crippen MR) is 297 cm³/mol. The van der Waals surface area contributed by atoms with Gasteiger partial charge in [-0.15, -0.1) is 0 Å². The third-order valence-corrected chi connectivity index (χ3v) is 11.2. The Morgan fingerprint density at radius 2 is 0.565 bits per heavy atom. The number of hydrogen-bond acceptors (Lipinski definition) is 6. The zero-order chi connectivity index (χ0) is 50.0. The molecule has 0 aliphatic carbocycles. The van der Waals surface area contributed by atoms with Crippen LogP contribution in [0.5, 0.6) is 0 Å². The molecule has 0 saturated carbocycles. The zero-order valence-electron chi connectivity index (χ0n) is 44.3.